The van der Waals surface area contributed by atoms with E-state index < -0.39 is 0 Å². The summed E-state index contributed by atoms with van der Waals surface area (Å²) in [5.74, 6) is 0. The van der Waals surface area contributed by atoms with Gasteiger partial charge in [-0.1, -0.05) is 85.8 Å². The Morgan fingerprint density at radius 1 is 0.882 bits per heavy atom. The minimum Gasteiger partial charge on any atom is -0.0991 e. The number of allylic oxidation sites excluding steroid dienone is 5. The first-order valence-corrected chi connectivity index (χ1v) is 7.23. The molecule has 0 unspecified atom stereocenters. The van der Waals surface area contributed by atoms with Gasteiger partial charge in [-0.05, 0) is 25.3 Å². The molecular formula is C17H36. The summed E-state index contributed by atoms with van der Waals surface area (Å²) in [5, 5.41) is 0. The normalized spacial score (nSPS) is 9.71. The Hall–Kier alpha value is -0.780. The van der Waals surface area contributed by atoms with E-state index in [-0.39, 0.29) is 0 Å². The summed E-state index contributed by atoms with van der Waals surface area (Å²) in [7, 11) is 0. The van der Waals surface area contributed by atoms with Gasteiger partial charge in [-0.2, -0.15) is 0 Å². The van der Waals surface area contributed by atoms with Gasteiger partial charge in [-0.3, -0.25) is 0 Å². The Morgan fingerprint density at radius 2 is 1.29 bits per heavy atom. The van der Waals surface area contributed by atoms with Crippen molar-refractivity contribution in [2.75, 3.05) is 0 Å². The van der Waals surface area contributed by atoms with Crippen molar-refractivity contribution in [1.29, 1.82) is 0 Å². The van der Waals surface area contributed by atoms with Gasteiger partial charge < -0.3 is 0 Å². The molecule has 0 radical (unpaired) electrons. The average Bonchev–Trinajstić information content (AvgIpc) is 2.45. The Morgan fingerprint density at radius 3 is 1.53 bits per heavy atom. The highest BCUT2D eigenvalue weighted by molar-refractivity contribution is 5.26. The quantitative estimate of drug-likeness (QED) is 0.467. The summed E-state index contributed by atoms with van der Waals surface area (Å²) in [6.45, 7) is 22.2. The molecule has 0 aromatic carbocycles. The molecule has 0 fully saturated rings. The van der Waals surface area contributed by atoms with Crippen LogP contribution < -0.4 is 0 Å². The van der Waals surface area contributed by atoms with Gasteiger partial charge in [0, 0.05) is 0 Å². The molecule has 0 nitrogen and oxygen atoms in total. The fraction of sp³-hybridized carbons (Fsp3) is 0.647. The molecule has 0 heterocycles. The number of hydrogen-bond donors (Lipinski definition) is 0. The molecule has 0 saturated heterocycles. The first kappa shape index (κ1) is 25.2. The summed E-state index contributed by atoms with van der Waals surface area (Å²) in [6.07, 6.45) is 8.22. The van der Waals surface area contributed by atoms with Crippen LogP contribution in [0.1, 0.15) is 75.2 Å². The largest absolute Gasteiger partial charge is 0.0991 e. The molecule has 0 bridgehead atoms. The zero-order chi connectivity index (χ0) is 14.7. The summed E-state index contributed by atoms with van der Waals surface area (Å²) < 4.78 is 0. The number of hydrogen-bond acceptors (Lipinski definition) is 0. The minimum atomic E-state index is 1.12. The van der Waals surface area contributed by atoms with Crippen molar-refractivity contribution in [3.05, 3.63) is 36.0 Å². The lowest BCUT2D eigenvalue weighted by molar-refractivity contribution is 1.02. The molecule has 0 N–H and O–H groups in total. The predicted octanol–water partition coefficient (Wildman–Crippen LogP) is 6.94. The maximum atomic E-state index is 3.64. The lowest BCUT2D eigenvalue weighted by Crippen LogP contribution is -1.81. The van der Waals surface area contributed by atoms with Crippen molar-refractivity contribution in [2.24, 2.45) is 0 Å². The summed E-state index contributed by atoms with van der Waals surface area (Å²) >= 11 is 0. The van der Waals surface area contributed by atoms with Crippen LogP contribution in [0.3, 0.4) is 0 Å². The van der Waals surface area contributed by atoms with Crippen molar-refractivity contribution >= 4 is 0 Å². The maximum absolute atomic E-state index is 3.64. The molecule has 0 aromatic rings. The fourth-order valence-electron chi connectivity index (χ4n) is 0.973. The van der Waals surface area contributed by atoms with Crippen molar-refractivity contribution in [2.45, 2.75) is 75.2 Å². The highest BCUT2D eigenvalue weighted by Crippen LogP contribution is 2.12. The van der Waals surface area contributed by atoms with Crippen molar-refractivity contribution in [1.82, 2.24) is 0 Å². The molecule has 0 heteroatoms. The summed E-state index contributed by atoms with van der Waals surface area (Å²) in [4.78, 5) is 0. The van der Waals surface area contributed by atoms with E-state index in [4.69, 9.17) is 0 Å². The third-order valence-electron chi connectivity index (χ3n) is 1.89. The van der Waals surface area contributed by atoms with Crippen LogP contribution in [0.2, 0.25) is 0 Å². The highest BCUT2D eigenvalue weighted by Gasteiger charge is 1.92. The van der Waals surface area contributed by atoms with Crippen LogP contribution in [-0.2, 0) is 0 Å². The van der Waals surface area contributed by atoms with Gasteiger partial charge in [-0.15, -0.1) is 0 Å². The summed E-state index contributed by atoms with van der Waals surface area (Å²) in [6, 6.07) is 0. The second-order valence-corrected chi connectivity index (χ2v) is 2.61. The Bertz CT molecular complexity index is 170. The second-order valence-electron chi connectivity index (χ2n) is 2.61. The van der Waals surface area contributed by atoms with Crippen LogP contribution in [0.25, 0.3) is 0 Å². The monoisotopic (exact) mass is 240 g/mol. The van der Waals surface area contributed by atoms with Crippen molar-refractivity contribution in [3.8, 4) is 0 Å². The van der Waals surface area contributed by atoms with Gasteiger partial charge in [-0.25, -0.2) is 0 Å². The van der Waals surface area contributed by atoms with Crippen molar-refractivity contribution in [3.63, 3.8) is 0 Å². The highest BCUT2D eigenvalue weighted by atomic mass is 14.0. The van der Waals surface area contributed by atoms with E-state index in [9.17, 15) is 0 Å². The number of rotatable bonds is 4. The molecule has 0 amide bonds. The molecular weight excluding hydrogens is 204 g/mol. The average molecular weight is 240 g/mol. The molecule has 0 saturated carbocycles. The van der Waals surface area contributed by atoms with Gasteiger partial charge in [0.2, 0.25) is 0 Å². The van der Waals surface area contributed by atoms with E-state index in [1.165, 1.54) is 11.1 Å². The predicted molar refractivity (Wildman–Crippen MR) is 86.7 cm³/mol. The van der Waals surface area contributed by atoms with E-state index in [1.807, 2.05) is 53.7 Å². The van der Waals surface area contributed by atoms with Crippen LogP contribution in [0.15, 0.2) is 36.0 Å². The molecule has 17 heavy (non-hydrogen) atoms. The van der Waals surface area contributed by atoms with E-state index in [0.29, 0.717) is 0 Å². The smallest absolute Gasteiger partial charge is 0.0308 e. The van der Waals surface area contributed by atoms with Crippen LogP contribution in [0.5, 0.6) is 0 Å². The van der Waals surface area contributed by atoms with Gasteiger partial charge in [0.15, 0.2) is 0 Å². The SMILES string of the molecule is C=C/C=C\C(CC)=C(/C)CC.CC.CC.CC. The van der Waals surface area contributed by atoms with Crippen LogP contribution in [0, 0.1) is 0 Å². The van der Waals surface area contributed by atoms with E-state index in [0.717, 1.165) is 12.8 Å². The van der Waals surface area contributed by atoms with E-state index in [2.05, 4.69) is 33.4 Å². The lowest BCUT2D eigenvalue weighted by Gasteiger charge is -2.02. The molecule has 0 aliphatic heterocycles. The molecule has 0 aliphatic rings. The molecule has 0 spiro atoms. The molecule has 0 rings (SSSR count). The van der Waals surface area contributed by atoms with Gasteiger partial charge in [0.25, 0.3) is 0 Å². The topological polar surface area (TPSA) is 0 Å². The van der Waals surface area contributed by atoms with E-state index in [1.54, 1.807) is 0 Å². The Labute approximate surface area is 112 Å². The zero-order valence-electron chi connectivity index (χ0n) is 13.9. The summed E-state index contributed by atoms with van der Waals surface area (Å²) in [5.41, 5.74) is 2.91. The van der Waals surface area contributed by atoms with E-state index >= 15 is 0 Å². The van der Waals surface area contributed by atoms with Crippen LogP contribution >= 0.6 is 0 Å². The third kappa shape index (κ3) is 21.1. The first-order chi connectivity index (χ1) is 8.26. The molecule has 104 valence electrons. The fourth-order valence-corrected chi connectivity index (χ4v) is 0.973. The lowest BCUT2D eigenvalue weighted by atomic mass is 10.0. The van der Waals surface area contributed by atoms with Crippen LogP contribution in [0.4, 0.5) is 0 Å². The Balaban J connectivity index is -0.000000121. The maximum Gasteiger partial charge on any atom is -0.0308 e. The van der Waals surface area contributed by atoms with Gasteiger partial charge >= 0.3 is 0 Å². The molecule has 0 aliphatic carbocycles. The Kier molecular flexibility index (Phi) is 43.6. The zero-order valence-corrected chi connectivity index (χ0v) is 13.9. The second kappa shape index (κ2) is 29.5. The standard InChI is InChI=1S/C11H18.3C2H6/c1-5-8-9-11(7-3)10(4)6-2;3*1-2/h5,8-9H,1,6-7H2,2-4H3;3*1-2H3/b9-8-,11-10+;;;. The van der Waals surface area contributed by atoms with Gasteiger partial charge in [0.05, 0.1) is 0 Å². The molecule has 0 aromatic heterocycles. The first-order valence-electron chi connectivity index (χ1n) is 7.23. The molecule has 0 atom stereocenters. The minimum absolute atomic E-state index is 1.12. The van der Waals surface area contributed by atoms with Crippen molar-refractivity contribution < 1.29 is 0 Å². The third-order valence-corrected chi connectivity index (χ3v) is 1.89. The van der Waals surface area contributed by atoms with Crippen LogP contribution in [-0.4, -0.2) is 0 Å². The van der Waals surface area contributed by atoms with Gasteiger partial charge in [0.1, 0.15) is 0 Å².